The summed E-state index contributed by atoms with van der Waals surface area (Å²) in [5.41, 5.74) is 1.50. The van der Waals surface area contributed by atoms with E-state index >= 15 is 0 Å². The quantitative estimate of drug-likeness (QED) is 0.621. The zero-order chi connectivity index (χ0) is 14.0. The third-order valence-electron chi connectivity index (χ3n) is 3.00. The van der Waals surface area contributed by atoms with Crippen molar-refractivity contribution in [3.05, 3.63) is 22.2 Å². The van der Waals surface area contributed by atoms with Gasteiger partial charge >= 0.3 is 0 Å². The highest BCUT2D eigenvalue weighted by molar-refractivity contribution is 9.11. The molecule has 1 aromatic rings. The van der Waals surface area contributed by atoms with Crippen molar-refractivity contribution >= 4 is 31.9 Å². The SMILES string of the molecule is CC(C)(C)CC(Br)c1cc2c(cc1Br)OCCCO2. The summed E-state index contributed by atoms with van der Waals surface area (Å²) in [6.45, 7) is 8.19. The maximum atomic E-state index is 5.76. The Morgan fingerprint density at radius 3 is 2.32 bits per heavy atom. The second kappa shape index (κ2) is 6.04. The van der Waals surface area contributed by atoms with Crippen LogP contribution in [0.2, 0.25) is 0 Å². The van der Waals surface area contributed by atoms with Gasteiger partial charge in [-0.05, 0) is 29.5 Å². The van der Waals surface area contributed by atoms with Crippen LogP contribution in [0.3, 0.4) is 0 Å². The molecule has 0 aromatic heterocycles. The van der Waals surface area contributed by atoms with Gasteiger partial charge in [0.05, 0.1) is 13.2 Å². The van der Waals surface area contributed by atoms with E-state index in [0.717, 1.165) is 42.0 Å². The number of hydrogen-bond donors (Lipinski definition) is 0. The minimum atomic E-state index is 0.276. The third-order valence-corrected chi connectivity index (χ3v) is 4.50. The molecule has 0 amide bonds. The van der Waals surface area contributed by atoms with Crippen LogP contribution in [0.5, 0.6) is 11.5 Å². The van der Waals surface area contributed by atoms with E-state index < -0.39 is 0 Å². The first-order chi connectivity index (χ1) is 8.87. The lowest BCUT2D eigenvalue weighted by Crippen LogP contribution is -2.09. The molecular weight excluding hydrogens is 372 g/mol. The molecule has 1 unspecified atom stereocenters. The molecule has 1 aliphatic rings. The highest BCUT2D eigenvalue weighted by atomic mass is 79.9. The second-order valence-electron chi connectivity index (χ2n) is 6.10. The van der Waals surface area contributed by atoms with E-state index in [4.69, 9.17) is 9.47 Å². The Hall–Kier alpha value is -0.220. The summed E-state index contributed by atoms with van der Waals surface area (Å²) in [5, 5.41) is 0. The van der Waals surface area contributed by atoms with Crippen LogP contribution in [0.25, 0.3) is 0 Å². The molecule has 0 aliphatic carbocycles. The minimum Gasteiger partial charge on any atom is -0.490 e. The Bertz CT molecular complexity index is 452. The Morgan fingerprint density at radius 2 is 1.74 bits per heavy atom. The number of halogens is 2. The van der Waals surface area contributed by atoms with E-state index in [9.17, 15) is 0 Å². The minimum absolute atomic E-state index is 0.276. The van der Waals surface area contributed by atoms with Crippen molar-refractivity contribution in [2.45, 2.75) is 38.4 Å². The van der Waals surface area contributed by atoms with Crippen LogP contribution < -0.4 is 9.47 Å². The van der Waals surface area contributed by atoms with Gasteiger partial charge in [0.1, 0.15) is 0 Å². The number of rotatable bonds is 2. The largest absolute Gasteiger partial charge is 0.490 e. The lowest BCUT2D eigenvalue weighted by molar-refractivity contribution is 0.297. The number of alkyl halides is 1. The van der Waals surface area contributed by atoms with E-state index in [0.29, 0.717) is 4.83 Å². The molecule has 2 rings (SSSR count). The molecule has 1 atom stereocenters. The van der Waals surface area contributed by atoms with Crippen LogP contribution in [0.1, 0.15) is 44.0 Å². The van der Waals surface area contributed by atoms with Crippen molar-refractivity contribution in [2.75, 3.05) is 13.2 Å². The molecule has 0 N–H and O–H groups in total. The first-order valence-corrected chi connectivity index (χ1v) is 8.31. The van der Waals surface area contributed by atoms with Crippen molar-refractivity contribution < 1.29 is 9.47 Å². The first-order valence-electron chi connectivity index (χ1n) is 6.60. The van der Waals surface area contributed by atoms with Crippen molar-refractivity contribution in [1.82, 2.24) is 0 Å². The Balaban J connectivity index is 2.28. The number of fused-ring (bicyclic) bond motifs is 1. The monoisotopic (exact) mass is 390 g/mol. The van der Waals surface area contributed by atoms with Gasteiger partial charge in [-0.15, -0.1) is 0 Å². The molecule has 0 saturated carbocycles. The van der Waals surface area contributed by atoms with Crippen LogP contribution in [0, 0.1) is 5.41 Å². The van der Waals surface area contributed by atoms with Crippen molar-refractivity contribution in [3.63, 3.8) is 0 Å². The van der Waals surface area contributed by atoms with E-state index in [1.54, 1.807) is 0 Å². The normalized spacial score (nSPS) is 16.9. The Labute approximate surface area is 132 Å². The lowest BCUT2D eigenvalue weighted by Gasteiger charge is -2.23. The van der Waals surface area contributed by atoms with Gasteiger partial charge < -0.3 is 9.47 Å². The fourth-order valence-corrected chi connectivity index (χ4v) is 4.34. The van der Waals surface area contributed by atoms with Crippen LogP contribution in [0.4, 0.5) is 0 Å². The first kappa shape index (κ1) is 15.2. The van der Waals surface area contributed by atoms with Gasteiger partial charge in [0.25, 0.3) is 0 Å². The lowest BCUT2D eigenvalue weighted by atomic mass is 9.88. The van der Waals surface area contributed by atoms with E-state index in [1.807, 2.05) is 6.07 Å². The summed E-state index contributed by atoms with van der Waals surface area (Å²) in [4.78, 5) is 0.305. The van der Waals surface area contributed by atoms with Crippen molar-refractivity contribution in [1.29, 1.82) is 0 Å². The number of hydrogen-bond acceptors (Lipinski definition) is 2. The van der Waals surface area contributed by atoms with Crippen LogP contribution in [0.15, 0.2) is 16.6 Å². The molecule has 1 aliphatic heterocycles. The zero-order valence-corrected chi connectivity index (χ0v) is 14.8. The van der Waals surface area contributed by atoms with Gasteiger partial charge in [0, 0.05) is 15.7 Å². The molecule has 1 aromatic carbocycles. The standard InChI is InChI=1S/C15H20Br2O2/c1-15(2,3)9-12(17)10-7-13-14(8-11(10)16)19-6-4-5-18-13/h7-8,12H,4-6,9H2,1-3H3. The van der Waals surface area contributed by atoms with Crippen molar-refractivity contribution in [3.8, 4) is 11.5 Å². The van der Waals surface area contributed by atoms with Gasteiger partial charge in [0.2, 0.25) is 0 Å². The summed E-state index contributed by atoms with van der Waals surface area (Å²) in [5.74, 6) is 1.69. The highest BCUT2D eigenvalue weighted by Crippen LogP contribution is 2.43. The summed E-state index contributed by atoms with van der Waals surface area (Å²) in [6, 6.07) is 4.11. The van der Waals surface area contributed by atoms with Crippen LogP contribution in [-0.4, -0.2) is 13.2 Å². The average molecular weight is 392 g/mol. The molecule has 19 heavy (non-hydrogen) atoms. The predicted molar refractivity (Wildman–Crippen MR) is 85.5 cm³/mol. The van der Waals surface area contributed by atoms with E-state index in [1.165, 1.54) is 5.56 Å². The van der Waals surface area contributed by atoms with Crippen molar-refractivity contribution in [2.24, 2.45) is 5.41 Å². The van der Waals surface area contributed by atoms with E-state index in [-0.39, 0.29) is 5.41 Å². The summed E-state index contributed by atoms with van der Waals surface area (Å²) >= 11 is 7.44. The number of benzene rings is 1. The molecule has 0 fully saturated rings. The fraction of sp³-hybridized carbons (Fsp3) is 0.600. The smallest absolute Gasteiger partial charge is 0.162 e. The molecule has 0 bridgehead atoms. The predicted octanol–water partition coefficient (Wildman–Crippen LogP) is 5.48. The molecule has 106 valence electrons. The van der Waals surface area contributed by atoms with Crippen LogP contribution >= 0.6 is 31.9 Å². The van der Waals surface area contributed by atoms with Gasteiger partial charge in [-0.2, -0.15) is 0 Å². The van der Waals surface area contributed by atoms with Gasteiger partial charge in [-0.1, -0.05) is 52.6 Å². The van der Waals surface area contributed by atoms with Gasteiger partial charge in [-0.25, -0.2) is 0 Å². The molecule has 0 spiro atoms. The molecule has 0 radical (unpaired) electrons. The summed E-state index contributed by atoms with van der Waals surface area (Å²) in [6.07, 6.45) is 1.99. The fourth-order valence-electron chi connectivity index (χ4n) is 2.09. The van der Waals surface area contributed by atoms with Gasteiger partial charge in [-0.3, -0.25) is 0 Å². The highest BCUT2D eigenvalue weighted by Gasteiger charge is 2.22. The van der Waals surface area contributed by atoms with E-state index in [2.05, 4.69) is 58.7 Å². The third kappa shape index (κ3) is 4.12. The van der Waals surface area contributed by atoms with Crippen LogP contribution in [-0.2, 0) is 0 Å². The Kier molecular flexibility index (Phi) is 4.83. The average Bonchev–Trinajstić information content (AvgIpc) is 2.50. The summed E-state index contributed by atoms with van der Waals surface area (Å²) < 4.78 is 12.5. The number of ether oxygens (including phenoxy) is 2. The molecule has 0 saturated heterocycles. The Morgan fingerprint density at radius 1 is 1.16 bits per heavy atom. The molecule has 2 nitrogen and oxygen atoms in total. The summed E-state index contributed by atoms with van der Waals surface area (Å²) in [7, 11) is 0. The molecule has 4 heteroatoms. The maximum absolute atomic E-state index is 5.76. The topological polar surface area (TPSA) is 18.5 Å². The maximum Gasteiger partial charge on any atom is 0.162 e. The zero-order valence-electron chi connectivity index (χ0n) is 11.6. The molecule has 1 heterocycles. The second-order valence-corrected chi connectivity index (χ2v) is 8.06. The molecular formula is C15H20Br2O2. The van der Waals surface area contributed by atoms with Gasteiger partial charge in [0.15, 0.2) is 11.5 Å².